The van der Waals surface area contributed by atoms with E-state index in [1.807, 2.05) is 24.4 Å². The minimum atomic E-state index is 0.0128. The van der Waals surface area contributed by atoms with Crippen molar-refractivity contribution < 1.29 is 4.74 Å². The fourth-order valence-corrected chi connectivity index (χ4v) is 3.06. The summed E-state index contributed by atoms with van der Waals surface area (Å²) < 4.78 is 7.65. The Morgan fingerprint density at radius 1 is 1.32 bits per heavy atom. The Labute approximate surface area is 144 Å². The molecule has 25 heavy (non-hydrogen) atoms. The summed E-state index contributed by atoms with van der Waals surface area (Å²) in [4.78, 5) is 15.3. The maximum Gasteiger partial charge on any atom is 0.184 e. The SMILES string of the molecule is Cc1nc(N)c2nnn(CC3CN(Cc4ccccn4)CCO3)c2n1. The van der Waals surface area contributed by atoms with E-state index in [2.05, 4.69) is 30.2 Å². The third-order valence-electron chi connectivity index (χ3n) is 4.21. The molecule has 3 aromatic rings. The smallest absolute Gasteiger partial charge is 0.184 e. The second kappa shape index (κ2) is 6.69. The van der Waals surface area contributed by atoms with Crippen LogP contribution < -0.4 is 5.73 Å². The van der Waals surface area contributed by atoms with E-state index in [4.69, 9.17) is 10.5 Å². The minimum absolute atomic E-state index is 0.0128. The van der Waals surface area contributed by atoms with Crippen LogP contribution in [0.1, 0.15) is 11.5 Å². The number of aryl methyl sites for hydroxylation is 1. The number of rotatable bonds is 4. The van der Waals surface area contributed by atoms with Crippen LogP contribution in [0.5, 0.6) is 0 Å². The number of morpholine rings is 1. The molecule has 2 N–H and O–H groups in total. The van der Waals surface area contributed by atoms with Gasteiger partial charge in [-0.15, -0.1) is 5.10 Å². The summed E-state index contributed by atoms with van der Waals surface area (Å²) in [5.41, 5.74) is 8.14. The number of hydrogen-bond acceptors (Lipinski definition) is 8. The van der Waals surface area contributed by atoms with Gasteiger partial charge in [-0.25, -0.2) is 14.6 Å². The number of nitrogens with zero attached hydrogens (tertiary/aromatic N) is 7. The van der Waals surface area contributed by atoms with E-state index in [9.17, 15) is 0 Å². The van der Waals surface area contributed by atoms with Gasteiger partial charge in [0.2, 0.25) is 0 Å². The second-order valence-electron chi connectivity index (χ2n) is 6.15. The molecule has 1 aliphatic rings. The fraction of sp³-hybridized carbons (Fsp3) is 0.438. The number of hydrogen-bond donors (Lipinski definition) is 1. The topological polar surface area (TPSA) is 108 Å². The normalized spacial score (nSPS) is 18.7. The van der Waals surface area contributed by atoms with Crippen LogP contribution in [0.3, 0.4) is 0 Å². The third kappa shape index (κ3) is 3.42. The molecule has 0 saturated carbocycles. The number of fused-ring (bicyclic) bond motifs is 1. The summed E-state index contributed by atoms with van der Waals surface area (Å²) in [6, 6.07) is 5.98. The van der Waals surface area contributed by atoms with Crippen LogP contribution in [0.15, 0.2) is 24.4 Å². The maximum absolute atomic E-state index is 5.90. The van der Waals surface area contributed by atoms with Gasteiger partial charge >= 0.3 is 0 Å². The van der Waals surface area contributed by atoms with Crippen molar-refractivity contribution in [3.8, 4) is 0 Å². The predicted molar refractivity (Wildman–Crippen MR) is 91.5 cm³/mol. The summed E-state index contributed by atoms with van der Waals surface area (Å²) in [5, 5.41) is 8.27. The van der Waals surface area contributed by atoms with Crippen molar-refractivity contribution in [3.63, 3.8) is 0 Å². The lowest BCUT2D eigenvalue weighted by Crippen LogP contribution is -2.44. The quantitative estimate of drug-likeness (QED) is 0.727. The number of pyridine rings is 1. The maximum atomic E-state index is 5.90. The second-order valence-corrected chi connectivity index (χ2v) is 6.15. The first kappa shape index (κ1) is 15.9. The van der Waals surface area contributed by atoms with Gasteiger partial charge < -0.3 is 10.5 Å². The Balaban J connectivity index is 1.47. The van der Waals surface area contributed by atoms with Crippen LogP contribution >= 0.6 is 0 Å². The molecule has 1 aliphatic heterocycles. The Hall–Kier alpha value is -2.65. The molecule has 0 bridgehead atoms. The standard InChI is InChI=1S/C16H20N8O/c1-11-19-15(17)14-16(20-11)24(22-21-14)10-13-9-23(6-7-25-13)8-12-4-2-3-5-18-12/h2-5,13H,6-10H2,1H3,(H2,17,19,20). The van der Waals surface area contributed by atoms with Gasteiger partial charge in [0.1, 0.15) is 5.82 Å². The molecule has 4 heterocycles. The highest BCUT2D eigenvalue weighted by atomic mass is 16.5. The van der Waals surface area contributed by atoms with Gasteiger partial charge in [0.05, 0.1) is 24.9 Å². The molecular weight excluding hydrogens is 320 g/mol. The van der Waals surface area contributed by atoms with Crippen molar-refractivity contribution in [1.82, 2.24) is 34.8 Å². The molecule has 1 unspecified atom stereocenters. The fourth-order valence-electron chi connectivity index (χ4n) is 3.06. The average Bonchev–Trinajstić information content (AvgIpc) is 2.99. The number of aromatic nitrogens is 6. The number of ether oxygens (including phenoxy) is 1. The molecule has 0 aromatic carbocycles. The first-order valence-corrected chi connectivity index (χ1v) is 8.26. The summed E-state index contributed by atoms with van der Waals surface area (Å²) in [6.45, 7) is 5.56. The monoisotopic (exact) mass is 340 g/mol. The highest BCUT2D eigenvalue weighted by molar-refractivity contribution is 5.80. The molecule has 4 rings (SSSR count). The zero-order chi connectivity index (χ0) is 17.2. The van der Waals surface area contributed by atoms with Crippen LogP contribution in [0.25, 0.3) is 11.2 Å². The van der Waals surface area contributed by atoms with Gasteiger partial charge in [-0.05, 0) is 19.1 Å². The van der Waals surface area contributed by atoms with Crippen molar-refractivity contribution >= 4 is 17.0 Å². The van der Waals surface area contributed by atoms with E-state index >= 15 is 0 Å². The van der Waals surface area contributed by atoms with E-state index in [0.29, 0.717) is 36.0 Å². The molecular formula is C16H20N8O. The minimum Gasteiger partial charge on any atom is -0.382 e. The van der Waals surface area contributed by atoms with Crippen molar-refractivity contribution in [2.75, 3.05) is 25.4 Å². The van der Waals surface area contributed by atoms with E-state index in [1.54, 1.807) is 11.6 Å². The predicted octanol–water partition coefficient (Wildman–Crippen LogP) is 0.408. The van der Waals surface area contributed by atoms with E-state index in [1.165, 1.54) is 0 Å². The van der Waals surface area contributed by atoms with Crippen molar-refractivity contribution in [2.45, 2.75) is 26.1 Å². The zero-order valence-electron chi connectivity index (χ0n) is 14.0. The highest BCUT2D eigenvalue weighted by Gasteiger charge is 2.23. The number of nitrogens with two attached hydrogens (primary N) is 1. The molecule has 0 spiro atoms. The van der Waals surface area contributed by atoms with Gasteiger partial charge in [-0.1, -0.05) is 11.3 Å². The summed E-state index contributed by atoms with van der Waals surface area (Å²) in [7, 11) is 0. The molecule has 9 heteroatoms. The van der Waals surface area contributed by atoms with Crippen LogP contribution in [-0.2, 0) is 17.8 Å². The largest absolute Gasteiger partial charge is 0.382 e. The zero-order valence-corrected chi connectivity index (χ0v) is 14.0. The first-order valence-electron chi connectivity index (χ1n) is 8.26. The molecule has 1 fully saturated rings. The summed E-state index contributed by atoms with van der Waals surface area (Å²) >= 11 is 0. The van der Waals surface area contributed by atoms with E-state index in [0.717, 1.165) is 25.3 Å². The van der Waals surface area contributed by atoms with Gasteiger partial charge in [0.15, 0.2) is 17.0 Å². The van der Waals surface area contributed by atoms with Crippen molar-refractivity contribution in [3.05, 3.63) is 35.9 Å². The Bertz CT molecular complexity index is 865. The van der Waals surface area contributed by atoms with Crippen LogP contribution in [0.2, 0.25) is 0 Å². The lowest BCUT2D eigenvalue weighted by Gasteiger charge is -2.32. The molecule has 1 saturated heterocycles. The average molecular weight is 340 g/mol. The third-order valence-corrected chi connectivity index (χ3v) is 4.21. The molecule has 0 aliphatic carbocycles. The first-order chi connectivity index (χ1) is 12.2. The van der Waals surface area contributed by atoms with Crippen LogP contribution in [0, 0.1) is 6.92 Å². The van der Waals surface area contributed by atoms with Crippen LogP contribution in [-0.4, -0.2) is 60.6 Å². The lowest BCUT2D eigenvalue weighted by atomic mass is 10.2. The Morgan fingerprint density at radius 2 is 2.24 bits per heavy atom. The number of nitrogen functional groups attached to an aromatic ring is 1. The molecule has 130 valence electrons. The molecule has 9 nitrogen and oxygen atoms in total. The lowest BCUT2D eigenvalue weighted by molar-refractivity contribution is -0.0402. The van der Waals surface area contributed by atoms with Gasteiger partial charge in [-0.2, -0.15) is 0 Å². The van der Waals surface area contributed by atoms with Crippen molar-refractivity contribution in [2.24, 2.45) is 0 Å². The van der Waals surface area contributed by atoms with Gasteiger partial charge in [0, 0.05) is 25.8 Å². The van der Waals surface area contributed by atoms with Crippen LogP contribution in [0.4, 0.5) is 5.82 Å². The summed E-state index contributed by atoms with van der Waals surface area (Å²) in [5.74, 6) is 0.963. The molecule has 0 amide bonds. The Kier molecular flexibility index (Phi) is 4.24. The van der Waals surface area contributed by atoms with Gasteiger partial charge in [-0.3, -0.25) is 9.88 Å². The Morgan fingerprint density at radius 3 is 3.08 bits per heavy atom. The number of anilines is 1. The molecule has 3 aromatic heterocycles. The molecule has 1 atom stereocenters. The highest BCUT2D eigenvalue weighted by Crippen LogP contribution is 2.16. The van der Waals surface area contributed by atoms with Gasteiger partial charge in [0.25, 0.3) is 0 Å². The molecule has 0 radical (unpaired) electrons. The summed E-state index contributed by atoms with van der Waals surface area (Å²) in [6.07, 6.45) is 1.83. The van der Waals surface area contributed by atoms with E-state index < -0.39 is 0 Å². The van der Waals surface area contributed by atoms with E-state index in [-0.39, 0.29) is 6.10 Å². The van der Waals surface area contributed by atoms with Crippen molar-refractivity contribution in [1.29, 1.82) is 0 Å².